The first kappa shape index (κ1) is 15.6. The van der Waals surface area contributed by atoms with Crippen molar-refractivity contribution in [2.75, 3.05) is 19.5 Å². The molecular formula is C18H17N3O3. The predicted octanol–water partition coefficient (Wildman–Crippen LogP) is 3.23. The molecule has 6 heteroatoms. The number of ether oxygens (including phenoxy) is 2. The number of hydrogen-bond acceptors (Lipinski definition) is 4. The molecule has 0 spiro atoms. The zero-order valence-corrected chi connectivity index (χ0v) is 13.4. The van der Waals surface area contributed by atoms with E-state index in [0.29, 0.717) is 17.4 Å². The Hall–Kier alpha value is -3.28. The predicted molar refractivity (Wildman–Crippen MR) is 93.3 cm³/mol. The third-order valence-electron chi connectivity index (χ3n) is 3.48. The SMILES string of the molecule is COc1cccc(C=CC(=O)Nc2nc3ccccc3[nH]2)c1OC. The van der Waals surface area contributed by atoms with Crippen molar-refractivity contribution in [2.24, 2.45) is 0 Å². The smallest absolute Gasteiger partial charge is 0.250 e. The molecule has 2 aromatic carbocycles. The van der Waals surface area contributed by atoms with Gasteiger partial charge >= 0.3 is 0 Å². The van der Waals surface area contributed by atoms with Crippen molar-refractivity contribution in [1.82, 2.24) is 9.97 Å². The van der Waals surface area contributed by atoms with E-state index in [1.54, 1.807) is 26.4 Å². The van der Waals surface area contributed by atoms with E-state index in [0.717, 1.165) is 16.6 Å². The van der Waals surface area contributed by atoms with E-state index in [1.807, 2.05) is 36.4 Å². The average Bonchev–Trinajstić information content (AvgIpc) is 3.01. The highest BCUT2D eigenvalue weighted by Crippen LogP contribution is 2.31. The van der Waals surface area contributed by atoms with Gasteiger partial charge in [-0.15, -0.1) is 0 Å². The van der Waals surface area contributed by atoms with E-state index in [-0.39, 0.29) is 5.91 Å². The van der Waals surface area contributed by atoms with Crippen molar-refractivity contribution in [2.45, 2.75) is 0 Å². The maximum absolute atomic E-state index is 12.1. The van der Waals surface area contributed by atoms with E-state index >= 15 is 0 Å². The lowest BCUT2D eigenvalue weighted by Crippen LogP contribution is -2.09. The number of fused-ring (bicyclic) bond motifs is 1. The Kier molecular flexibility index (Phi) is 4.47. The Morgan fingerprint density at radius 3 is 2.71 bits per heavy atom. The van der Waals surface area contributed by atoms with Gasteiger partial charge in [-0.3, -0.25) is 10.1 Å². The summed E-state index contributed by atoms with van der Waals surface area (Å²) in [5.41, 5.74) is 2.41. The van der Waals surface area contributed by atoms with Gasteiger partial charge in [-0.05, 0) is 24.3 Å². The number of nitrogens with one attached hydrogen (secondary N) is 2. The number of anilines is 1. The summed E-state index contributed by atoms with van der Waals surface area (Å²) in [6.07, 6.45) is 3.09. The lowest BCUT2D eigenvalue weighted by molar-refractivity contribution is -0.111. The Labute approximate surface area is 139 Å². The Morgan fingerprint density at radius 1 is 1.12 bits per heavy atom. The maximum Gasteiger partial charge on any atom is 0.250 e. The first-order valence-electron chi connectivity index (χ1n) is 7.36. The minimum Gasteiger partial charge on any atom is -0.493 e. The van der Waals surface area contributed by atoms with Crippen molar-refractivity contribution >= 4 is 29.0 Å². The highest BCUT2D eigenvalue weighted by molar-refractivity contribution is 6.01. The molecule has 3 rings (SSSR count). The number of para-hydroxylation sites is 3. The molecule has 1 amide bonds. The van der Waals surface area contributed by atoms with Gasteiger partial charge in [0, 0.05) is 11.6 Å². The molecule has 0 aliphatic rings. The number of carbonyl (C=O) groups excluding carboxylic acids is 1. The molecule has 24 heavy (non-hydrogen) atoms. The lowest BCUT2D eigenvalue weighted by Gasteiger charge is -2.09. The molecule has 0 atom stereocenters. The monoisotopic (exact) mass is 323 g/mol. The number of H-pyrrole nitrogens is 1. The Balaban J connectivity index is 1.76. The number of imidazole rings is 1. The molecule has 0 aliphatic carbocycles. The molecule has 3 aromatic rings. The third-order valence-corrected chi connectivity index (χ3v) is 3.48. The van der Waals surface area contributed by atoms with Crippen LogP contribution in [0.2, 0.25) is 0 Å². The van der Waals surface area contributed by atoms with E-state index in [1.165, 1.54) is 6.08 Å². The molecule has 0 fully saturated rings. The summed E-state index contributed by atoms with van der Waals surface area (Å²) in [4.78, 5) is 19.4. The van der Waals surface area contributed by atoms with Crippen LogP contribution in [0.25, 0.3) is 17.1 Å². The van der Waals surface area contributed by atoms with Gasteiger partial charge in [0.1, 0.15) is 0 Å². The van der Waals surface area contributed by atoms with Crippen LogP contribution < -0.4 is 14.8 Å². The van der Waals surface area contributed by atoms with Gasteiger partial charge < -0.3 is 14.5 Å². The lowest BCUT2D eigenvalue weighted by atomic mass is 10.1. The normalized spacial score (nSPS) is 10.9. The standard InChI is InChI=1S/C18H17N3O3/c1-23-15-9-5-6-12(17(15)24-2)10-11-16(22)21-18-19-13-7-3-4-8-14(13)20-18/h3-11H,1-2H3,(H2,19,20,21,22). The van der Waals surface area contributed by atoms with E-state index in [4.69, 9.17) is 9.47 Å². The second-order valence-electron chi connectivity index (χ2n) is 5.01. The van der Waals surface area contributed by atoms with Crippen molar-refractivity contribution in [1.29, 1.82) is 0 Å². The van der Waals surface area contributed by atoms with Crippen LogP contribution in [0, 0.1) is 0 Å². The van der Waals surface area contributed by atoms with Crippen LogP contribution in [0.3, 0.4) is 0 Å². The fourth-order valence-electron chi connectivity index (χ4n) is 2.38. The van der Waals surface area contributed by atoms with Crippen LogP contribution in [-0.2, 0) is 4.79 Å². The van der Waals surface area contributed by atoms with Gasteiger partial charge in [0.15, 0.2) is 11.5 Å². The van der Waals surface area contributed by atoms with E-state index in [2.05, 4.69) is 15.3 Å². The van der Waals surface area contributed by atoms with Crippen LogP contribution in [0.1, 0.15) is 5.56 Å². The van der Waals surface area contributed by atoms with Crippen LogP contribution >= 0.6 is 0 Å². The molecule has 0 aliphatic heterocycles. The topological polar surface area (TPSA) is 76.2 Å². The van der Waals surface area contributed by atoms with Crippen LogP contribution in [-0.4, -0.2) is 30.1 Å². The van der Waals surface area contributed by atoms with E-state index in [9.17, 15) is 4.79 Å². The molecule has 0 radical (unpaired) electrons. The number of amides is 1. The molecule has 2 N–H and O–H groups in total. The average molecular weight is 323 g/mol. The number of benzene rings is 2. The highest BCUT2D eigenvalue weighted by Gasteiger charge is 2.08. The van der Waals surface area contributed by atoms with Gasteiger partial charge in [-0.2, -0.15) is 0 Å². The second-order valence-corrected chi connectivity index (χ2v) is 5.01. The van der Waals surface area contributed by atoms with Gasteiger partial charge in [0.25, 0.3) is 5.91 Å². The van der Waals surface area contributed by atoms with Crippen molar-refractivity contribution < 1.29 is 14.3 Å². The summed E-state index contributed by atoms with van der Waals surface area (Å²) in [6, 6.07) is 13.0. The van der Waals surface area contributed by atoms with Gasteiger partial charge in [-0.25, -0.2) is 4.98 Å². The molecule has 0 saturated heterocycles. The summed E-state index contributed by atoms with van der Waals surface area (Å²) >= 11 is 0. The summed E-state index contributed by atoms with van der Waals surface area (Å²) < 4.78 is 10.6. The number of hydrogen-bond donors (Lipinski definition) is 2. The van der Waals surface area contributed by atoms with Gasteiger partial charge in [-0.1, -0.05) is 24.3 Å². The highest BCUT2D eigenvalue weighted by atomic mass is 16.5. The fourth-order valence-corrected chi connectivity index (χ4v) is 2.38. The quantitative estimate of drug-likeness (QED) is 0.707. The number of nitrogens with zero attached hydrogens (tertiary/aromatic N) is 1. The number of carbonyl (C=O) groups is 1. The van der Waals surface area contributed by atoms with Crippen LogP contribution in [0.4, 0.5) is 5.95 Å². The largest absolute Gasteiger partial charge is 0.493 e. The van der Waals surface area contributed by atoms with Crippen molar-refractivity contribution in [3.63, 3.8) is 0 Å². The molecule has 0 unspecified atom stereocenters. The molecular weight excluding hydrogens is 306 g/mol. The zero-order valence-electron chi connectivity index (χ0n) is 13.4. The summed E-state index contributed by atoms with van der Waals surface area (Å²) in [5, 5.41) is 2.70. The summed E-state index contributed by atoms with van der Waals surface area (Å²) in [5.74, 6) is 1.30. The van der Waals surface area contributed by atoms with Crippen molar-refractivity contribution in [3.05, 3.63) is 54.1 Å². The maximum atomic E-state index is 12.1. The zero-order chi connectivity index (χ0) is 16.9. The molecule has 122 valence electrons. The molecule has 6 nitrogen and oxygen atoms in total. The molecule has 1 aromatic heterocycles. The van der Waals surface area contributed by atoms with Gasteiger partial charge in [0.2, 0.25) is 5.95 Å². The first-order chi connectivity index (χ1) is 11.7. The number of rotatable bonds is 5. The fraction of sp³-hybridized carbons (Fsp3) is 0.111. The van der Waals surface area contributed by atoms with Crippen LogP contribution in [0.5, 0.6) is 11.5 Å². The van der Waals surface area contributed by atoms with Gasteiger partial charge in [0.05, 0.1) is 25.3 Å². The minimum atomic E-state index is -0.293. The number of methoxy groups -OCH3 is 2. The van der Waals surface area contributed by atoms with E-state index < -0.39 is 0 Å². The Bertz CT molecular complexity index is 866. The summed E-state index contributed by atoms with van der Waals surface area (Å²) in [7, 11) is 3.13. The Morgan fingerprint density at radius 2 is 1.96 bits per heavy atom. The first-order valence-corrected chi connectivity index (χ1v) is 7.36. The molecule has 0 bridgehead atoms. The third kappa shape index (κ3) is 3.22. The number of aromatic nitrogens is 2. The second kappa shape index (κ2) is 6.87. The molecule has 1 heterocycles. The van der Waals surface area contributed by atoms with Crippen molar-refractivity contribution in [3.8, 4) is 11.5 Å². The molecule has 0 saturated carbocycles. The number of aromatic amines is 1. The van der Waals surface area contributed by atoms with Crippen LogP contribution in [0.15, 0.2) is 48.5 Å². The summed E-state index contributed by atoms with van der Waals surface area (Å²) in [6.45, 7) is 0. The minimum absolute atomic E-state index is 0.293.